The van der Waals surface area contributed by atoms with Gasteiger partial charge in [-0.1, -0.05) is 24.3 Å². The standard InChI is InChI=1S/C17H15N3O3/c21-15(22-10-14-19-20-17(23-14)12-6-7-12)9-13-4-1-3-11-5-2-8-18-16(11)13/h1-5,8,12H,6-7,9-10H2. The smallest absolute Gasteiger partial charge is 0.310 e. The molecule has 0 bridgehead atoms. The number of esters is 1. The van der Waals surface area contributed by atoms with Crippen LogP contribution >= 0.6 is 0 Å². The van der Waals surface area contributed by atoms with Crippen molar-refractivity contribution in [3.8, 4) is 0 Å². The van der Waals surface area contributed by atoms with Gasteiger partial charge < -0.3 is 9.15 Å². The maximum atomic E-state index is 12.0. The van der Waals surface area contributed by atoms with E-state index in [0.717, 1.165) is 29.3 Å². The molecule has 0 aliphatic heterocycles. The van der Waals surface area contributed by atoms with E-state index in [1.165, 1.54) is 0 Å². The van der Waals surface area contributed by atoms with Gasteiger partial charge in [0.2, 0.25) is 5.89 Å². The van der Waals surface area contributed by atoms with Crippen molar-refractivity contribution >= 4 is 16.9 Å². The summed E-state index contributed by atoms with van der Waals surface area (Å²) in [5.41, 5.74) is 1.66. The first-order valence-electron chi connectivity index (χ1n) is 7.60. The van der Waals surface area contributed by atoms with E-state index >= 15 is 0 Å². The van der Waals surface area contributed by atoms with Crippen molar-refractivity contribution in [2.75, 3.05) is 0 Å². The summed E-state index contributed by atoms with van der Waals surface area (Å²) in [6.07, 6.45) is 4.07. The van der Waals surface area contributed by atoms with Gasteiger partial charge in [0.05, 0.1) is 11.9 Å². The first kappa shape index (κ1) is 13.9. The molecule has 0 spiro atoms. The molecule has 0 N–H and O–H groups in total. The predicted octanol–water partition coefficient (Wildman–Crippen LogP) is 2.78. The molecule has 116 valence electrons. The molecular weight excluding hydrogens is 294 g/mol. The van der Waals surface area contributed by atoms with Gasteiger partial charge in [0.15, 0.2) is 6.61 Å². The quantitative estimate of drug-likeness (QED) is 0.674. The fourth-order valence-electron chi connectivity index (χ4n) is 2.48. The van der Waals surface area contributed by atoms with Crippen LogP contribution in [0.4, 0.5) is 0 Å². The molecule has 1 aliphatic rings. The second-order valence-corrected chi connectivity index (χ2v) is 5.64. The molecule has 1 fully saturated rings. The highest BCUT2D eigenvalue weighted by Gasteiger charge is 2.29. The van der Waals surface area contributed by atoms with Crippen molar-refractivity contribution in [3.63, 3.8) is 0 Å². The lowest BCUT2D eigenvalue weighted by Crippen LogP contribution is -2.08. The van der Waals surface area contributed by atoms with E-state index in [9.17, 15) is 4.79 Å². The molecule has 0 radical (unpaired) electrons. The Labute approximate surface area is 132 Å². The molecule has 0 atom stereocenters. The summed E-state index contributed by atoms with van der Waals surface area (Å²) in [5.74, 6) is 1.05. The number of hydrogen-bond donors (Lipinski definition) is 0. The van der Waals surface area contributed by atoms with Crippen LogP contribution in [0.1, 0.15) is 36.1 Å². The molecule has 6 nitrogen and oxygen atoms in total. The van der Waals surface area contributed by atoms with Gasteiger partial charge in [-0.25, -0.2) is 0 Å². The molecule has 2 aromatic heterocycles. The van der Waals surface area contributed by atoms with E-state index in [2.05, 4.69) is 15.2 Å². The topological polar surface area (TPSA) is 78.1 Å². The molecule has 0 saturated heterocycles. The summed E-state index contributed by atoms with van der Waals surface area (Å²) in [6.45, 7) is 0.0107. The number of hydrogen-bond acceptors (Lipinski definition) is 6. The fourth-order valence-corrected chi connectivity index (χ4v) is 2.48. The van der Waals surface area contributed by atoms with Crippen molar-refractivity contribution in [2.24, 2.45) is 0 Å². The van der Waals surface area contributed by atoms with Crippen LogP contribution in [0.5, 0.6) is 0 Å². The number of carbonyl (C=O) groups is 1. The molecule has 1 aromatic carbocycles. The maximum Gasteiger partial charge on any atom is 0.310 e. The van der Waals surface area contributed by atoms with E-state index in [-0.39, 0.29) is 19.0 Å². The van der Waals surface area contributed by atoms with Gasteiger partial charge in [-0.2, -0.15) is 0 Å². The molecule has 2 heterocycles. The Bertz CT molecular complexity index is 850. The van der Waals surface area contributed by atoms with Gasteiger partial charge in [0.25, 0.3) is 5.89 Å². The second kappa shape index (κ2) is 5.79. The van der Waals surface area contributed by atoms with Crippen LogP contribution in [0.15, 0.2) is 40.9 Å². The zero-order valence-electron chi connectivity index (χ0n) is 12.4. The summed E-state index contributed by atoms with van der Waals surface area (Å²) in [7, 11) is 0. The predicted molar refractivity (Wildman–Crippen MR) is 81.5 cm³/mol. The molecule has 6 heteroatoms. The minimum atomic E-state index is -0.339. The van der Waals surface area contributed by atoms with E-state index in [1.807, 2.05) is 30.3 Å². The van der Waals surface area contributed by atoms with Gasteiger partial charge >= 0.3 is 5.97 Å². The van der Waals surface area contributed by atoms with Crippen molar-refractivity contribution in [3.05, 3.63) is 53.9 Å². The Morgan fingerprint density at radius 1 is 1.22 bits per heavy atom. The minimum Gasteiger partial charge on any atom is -0.455 e. The van der Waals surface area contributed by atoms with Gasteiger partial charge in [-0.05, 0) is 24.5 Å². The van der Waals surface area contributed by atoms with Crippen LogP contribution in [0, 0.1) is 0 Å². The molecule has 0 amide bonds. The SMILES string of the molecule is O=C(Cc1cccc2cccnc12)OCc1nnc(C2CC2)o1. The molecule has 23 heavy (non-hydrogen) atoms. The summed E-state index contributed by atoms with van der Waals surface area (Å²) in [5, 5.41) is 8.87. The van der Waals surface area contributed by atoms with Crippen LogP contribution in [0.2, 0.25) is 0 Å². The highest BCUT2D eigenvalue weighted by atomic mass is 16.5. The lowest BCUT2D eigenvalue weighted by molar-refractivity contribution is -0.144. The largest absolute Gasteiger partial charge is 0.455 e. The number of carbonyl (C=O) groups excluding carboxylic acids is 1. The number of benzene rings is 1. The first-order chi connectivity index (χ1) is 11.3. The summed E-state index contributed by atoms with van der Waals surface area (Å²) < 4.78 is 10.7. The lowest BCUT2D eigenvalue weighted by atomic mass is 10.1. The van der Waals surface area contributed by atoms with Gasteiger partial charge in [-0.15, -0.1) is 10.2 Å². The number of ether oxygens (including phenoxy) is 1. The first-order valence-corrected chi connectivity index (χ1v) is 7.60. The van der Waals surface area contributed by atoms with Crippen LogP contribution in [-0.2, 0) is 22.6 Å². The maximum absolute atomic E-state index is 12.0. The Kier molecular flexibility index (Phi) is 3.49. The Morgan fingerprint density at radius 3 is 2.96 bits per heavy atom. The average Bonchev–Trinajstić information content (AvgIpc) is 3.32. The third-order valence-electron chi connectivity index (χ3n) is 3.82. The van der Waals surface area contributed by atoms with Crippen LogP contribution in [-0.4, -0.2) is 21.2 Å². The average molecular weight is 309 g/mol. The lowest BCUT2D eigenvalue weighted by Gasteiger charge is -2.05. The highest BCUT2D eigenvalue weighted by molar-refractivity contribution is 5.85. The zero-order chi connectivity index (χ0) is 15.6. The van der Waals surface area contributed by atoms with E-state index < -0.39 is 0 Å². The Hall–Kier alpha value is -2.76. The Balaban J connectivity index is 1.40. The molecule has 4 rings (SSSR count). The number of fused-ring (bicyclic) bond motifs is 1. The number of aromatic nitrogens is 3. The molecule has 3 aromatic rings. The Morgan fingerprint density at radius 2 is 2.09 bits per heavy atom. The number of rotatable bonds is 5. The normalized spacial score (nSPS) is 14.1. The van der Waals surface area contributed by atoms with E-state index in [0.29, 0.717) is 17.7 Å². The van der Waals surface area contributed by atoms with Crippen LogP contribution in [0.3, 0.4) is 0 Å². The van der Waals surface area contributed by atoms with Crippen molar-refractivity contribution in [2.45, 2.75) is 31.8 Å². The van der Waals surface area contributed by atoms with E-state index in [1.54, 1.807) is 6.20 Å². The van der Waals surface area contributed by atoms with E-state index in [4.69, 9.17) is 9.15 Å². The number of para-hydroxylation sites is 1. The number of nitrogens with zero attached hydrogens (tertiary/aromatic N) is 3. The minimum absolute atomic E-state index is 0.0107. The molecule has 1 saturated carbocycles. The van der Waals surface area contributed by atoms with Crippen LogP contribution in [0.25, 0.3) is 10.9 Å². The zero-order valence-corrected chi connectivity index (χ0v) is 12.4. The van der Waals surface area contributed by atoms with Crippen LogP contribution < -0.4 is 0 Å². The summed E-state index contributed by atoms with van der Waals surface area (Å²) in [4.78, 5) is 16.4. The molecular formula is C17H15N3O3. The third kappa shape index (κ3) is 3.06. The second-order valence-electron chi connectivity index (χ2n) is 5.64. The van der Waals surface area contributed by atoms with Gasteiger partial charge in [0, 0.05) is 17.5 Å². The fraction of sp³-hybridized carbons (Fsp3) is 0.294. The van der Waals surface area contributed by atoms with Crippen molar-refractivity contribution < 1.29 is 13.9 Å². The highest BCUT2D eigenvalue weighted by Crippen LogP contribution is 2.39. The van der Waals surface area contributed by atoms with Crippen molar-refractivity contribution in [1.82, 2.24) is 15.2 Å². The molecule has 1 aliphatic carbocycles. The summed E-state index contributed by atoms with van der Waals surface area (Å²) >= 11 is 0. The number of pyridine rings is 1. The molecule has 0 unspecified atom stereocenters. The van der Waals surface area contributed by atoms with Gasteiger partial charge in [0.1, 0.15) is 0 Å². The van der Waals surface area contributed by atoms with Gasteiger partial charge in [-0.3, -0.25) is 9.78 Å². The monoisotopic (exact) mass is 309 g/mol. The van der Waals surface area contributed by atoms with Crippen molar-refractivity contribution in [1.29, 1.82) is 0 Å². The third-order valence-corrected chi connectivity index (χ3v) is 3.82. The summed E-state index contributed by atoms with van der Waals surface area (Å²) in [6, 6.07) is 9.60.